The topological polar surface area (TPSA) is 28.5 Å². The minimum absolute atomic E-state index is 0.542. The van der Waals surface area contributed by atoms with E-state index in [0.29, 0.717) is 6.04 Å². The molecule has 3 nitrogen and oxygen atoms in total. The van der Waals surface area contributed by atoms with Crippen molar-refractivity contribution in [3.63, 3.8) is 0 Å². The van der Waals surface area contributed by atoms with Gasteiger partial charge in [0, 0.05) is 24.6 Å². The highest BCUT2D eigenvalue weighted by Gasteiger charge is 2.45. The molecule has 142 valence electrons. The average molecular weight is 373 g/mol. The Morgan fingerprint density at radius 1 is 0.962 bits per heavy atom. The van der Waals surface area contributed by atoms with E-state index in [-0.39, 0.29) is 0 Å². The van der Waals surface area contributed by atoms with Crippen LogP contribution in [-0.4, -0.2) is 29.3 Å². The summed E-state index contributed by atoms with van der Waals surface area (Å²) in [6.07, 6.45) is 12.7. The Morgan fingerprint density at radius 3 is 2.31 bits per heavy atom. The molecule has 1 saturated carbocycles. The number of anilines is 1. The van der Waals surface area contributed by atoms with Crippen molar-refractivity contribution in [3.8, 4) is 0 Å². The van der Waals surface area contributed by atoms with E-state index in [9.17, 15) is 0 Å². The van der Waals surface area contributed by atoms with Crippen LogP contribution in [0.5, 0.6) is 0 Å². The maximum atomic E-state index is 5.66. The van der Waals surface area contributed by atoms with E-state index in [1.165, 1.54) is 68.9 Å². The molecule has 4 rings (SSSR count). The van der Waals surface area contributed by atoms with E-state index in [1.54, 1.807) is 0 Å². The van der Waals surface area contributed by atoms with Gasteiger partial charge in [-0.25, -0.2) is 0 Å². The van der Waals surface area contributed by atoms with Crippen molar-refractivity contribution in [2.45, 2.75) is 95.8 Å². The lowest BCUT2D eigenvalue weighted by molar-refractivity contribution is -0.982. The van der Waals surface area contributed by atoms with Gasteiger partial charge in [0.1, 0.15) is 0 Å². The van der Waals surface area contributed by atoms with Gasteiger partial charge in [0.15, 0.2) is 5.11 Å². The Balaban J connectivity index is 1.37. The Bertz CT molecular complexity index is 639. The molecule has 3 aliphatic rings. The minimum Gasteiger partial charge on any atom is -0.359 e. The molecule has 0 aromatic heterocycles. The first-order chi connectivity index (χ1) is 12.6. The minimum atomic E-state index is 0.542. The van der Waals surface area contributed by atoms with Gasteiger partial charge in [0.25, 0.3) is 0 Å². The average Bonchev–Trinajstić information content (AvgIpc) is 3.12. The van der Waals surface area contributed by atoms with Crippen LogP contribution in [0.1, 0.15) is 68.9 Å². The lowest BCUT2D eigenvalue weighted by Gasteiger charge is -2.48. The largest absolute Gasteiger partial charge is 0.359 e. The third-order valence-electron chi connectivity index (χ3n) is 7.20. The summed E-state index contributed by atoms with van der Waals surface area (Å²) < 4.78 is 0. The molecule has 4 atom stereocenters. The van der Waals surface area contributed by atoms with Crippen LogP contribution in [0.4, 0.5) is 5.69 Å². The number of fused-ring (bicyclic) bond motifs is 2. The van der Waals surface area contributed by atoms with E-state index in [2.05, 4.69) is 42.7 Å². The van der Waals surface area contributed by atoms with Crippen LogP contribution in [0.3, 0.4) is 0 Å². The van der Waals surface area contributed by atoms with Crippen molar-refractivity contribution in [3.05, 3.63) is 29.3 Å². The number of nitrogens with one attached hydrogen (secondary N) is 3. The zero-order valence-electron chi connectivity index (χ0n) is 16.3. The first kappa shape index (κ1) is 18.2. The highest BCUT2D eigenvalue weighted by Crippen LogP contribution is 2.26. The first-order valence-electron chi connectivity index (χ1n) is 10.6. The van der Waals surface area contributed by atoms with Gasteiger partial charge in [0.2, 0.25) is 0 Å². The summed E-state index contributed by atoms with van der Waals surface area (Å²) in [4.78, 5) is 1.97. The molecular formula is C22H34N3S+. The van der Waals surface area contributed by atoms with Crippen molar-refractivity contribution in [1.82, 2.24) is 5.32 Å². The van der Waals surface area contributed by atoms with Crippen molar-refractivity contribution in [1.29, 1.82) is 0 Å². The number of hydrogen-bond donors (Lipinski definition) is 3. The molecule has 2 unspecified atom stereocenters. The molecule has 4 heteroatoms. The highest BCUT2D eigenvalue weighted by atomic mass is 32.1. The van der Waals surface area contributed by atoms with Gasteiger partial charge in [0.05, 0.1) is 18.1 Å². The zero-order chi connectivity index (χ0) is 18.1. The molecule has 2 heterocycles. The van der Waals surface area contributed by atoms with Crippen molar-refractivity contribution < 1.29 is 4.90 Å². The molecular weight excluding hydrogens is 338 g/mol. The molecule has 3 N–H and O–H groups in total. The second-order valence-corrected chi connectivity index (χ2v) is 9.23. The summed E-state index contributed by atoms with van der Waals surface area (Å²) in [5.41, 5.74) is 3.73. The summed E-state index contributed by atoms with van der Waals surface area (Å²) in [7, 11) is 0. The van der Waals surface area contributed by atoms with Crippen molar-refractivity contribution >= 4 is 23.0 Å². The molecule has 0 radical (unpaired) electrons. The van der Waals surface area contributed by atoms with E-state index in [4.69, 9.17) is 12.2 Å². The summed E-state index contributed by atoms with van der Waals surface area (Å²) in [6, 6.07) is 9.57. The van der Waals surface area contributed by atoms with Gasteiger partial charge in [-0.15, -0.1) is 0 Å². The summed E-state index contributed by atoms with van der Waals surface area (Å²) in [5.74, 6) is 0. The maximum absolute atomic E-state index is 5.66. The summed E-state index contributed by atoms with van der Waals surface area (Å²) in [6.45, 7) is 4.31. The van der Waals surface area contributed by atoms with Gasteiger partial charge in [-0.2, -0.15) is 0 Å². The fourth-order valence-electron chi connectivity index (χ4n) is 5.84. The molecule has 2 aliphatic heterocycles. The number of thiocarbonyl (C=S) groups is 1. The molecule has 0 spiro atoms. The van der Waals surface area contributed by atoms with Crippen LogP contribution in [-0.2, 0) is 0 Å². The van der Waals surface area contributed by atoms with Gasteiger partial charge in [-0.1, -0.05) is 12.1 Å². The normalized spacial score (nSPS) is 31.6. The van der Waals surface area contributed by atoms with Crippen LogP contribution in [0.15, 0.2) is 18.2 Å². The Labute approximate surface area is 163 Å². The highest BCUT2D eigenvalue weighted by molar-refractivity contribution is 7.80. The Hall–Kier alpha value is -1.13. The van der Waals surface area contributed by atoms with Crippen molar-refractivity contribution in [2.75, 3.05) is 5.32 Å². The van der Waals surface area contributed by atoms with Gasteiger partial charge < -0.3 is 15.5 Å². The Morgan fingerprint density at radius 2 is 1.62 bits per heavy atom. The predicted octanol–water partition coefficient (Wildman–Crippen LogP) is 3.50. The van der Waals surface area contributed by atoms with Crippen molar-refractivity contribution in [2.24, 2.45) is 0 Å². The van der Waals surface area contributed by atoms with Crippen LogP contribution >= 0.6 is 12.2 Å². The predicted molar refractivity (Wildman–Crippen MR) is 113 cm³/mol. The lowest BCUT2D eigenvalue weighted by Crippen LogP contribution is -3.24. The molecule has 1 aliphatic carbocycles. The number of piperidine rings is 2. The smallest absolute Gasteiger partial charge is 0.171 e. The zero-order valence-corrected chi connectivity index (χ0v) is 17.1. The Kier molecular flexibility index (Phi) is 5.51. The summed E-state index contributed by atoms with van der Waals surface area (Å²) >= 11 is 5.66. The lowest BCUT2D eigenvalue weighted by atomic mass is 9.80. The molecule has 2 saturated heterocycles. The van der Waals surface area contributed by atoms with Gasteiger partial charge in [-0.05, 0) is 88.2 Å². The van der Waals surface area contributed by atoms with E-state index in [1.807, 2.05) is 4.90 Å². The monoisotopic (exact) mass is 372 g/mol. The van der Waals surface area contributed by atoms with E-state index < -0.39 is 0 Å². The van der Waals surface area contributed by atoms with Crippen LogP contribution in [0.2, 0.25) is 0 Å². The molecule has 1 aromatic carbocycles. The van der Waals surface area contributed by atoms with Crippen LogP contribution in [0, 0.1) is 13.8 Å². The SMILES string of the molecule is Cc1cccc(NC(=S)NC2C[C@H]3CCC[C@@H](C2)[NH+]3C2CCCC2)c1C. The fourth-order valence-corrected chi connectivity index (χ4v) is 6.12. The number of quaternary nitrogens is 1. The summed E-state index contributed by atoms with van der Waals surface area (Å²) in [5, 5.41) is 7.90. The number of benzene rings is 1. The second-order valence-electron chi connectivity index (χ2n) is 8.82. The standard InChI is InChI=1S/C22H33N3S/c1-15-7-5-12-21(16(15)2)24-22(26)23-17-13-19-10-6-11-20(14-17)25(19)18-8-3-4-9-18/h5,7,12,17-20H,3-4,6,8-11,13-14H2,1-2H3,(H2,23,24,26)/p+1/t17?,19-,20+. The quantitative estimate of drug-likeness (QED) is 0.709. The molecule has 2 bridgehead atoms. The van der Waals surface area contributed by atoms with Gasteiger partial charge >= 0.3 is 0 Å². The molecule has 0 amide bonds. The fraction of sp³-hybridized carbons (Fsp3) is 0.682. The van der Waals surface area contributed by atoms with Gasteiger partial charge in [-0.3, -0.25) is 0 Å². The molecule has 1 aromatic rings. The number of hydrogen-bond acceptors (Lipinski definition) is 1. The van der Waals surface area contributed by atoms with E-state index in [0.717, 1.165) is 28.9 Å². The first-order valence-corrected chi connectivity index (χ1v) is 11.0. The number of rotatable bonds is 3. The third-order valence-corrected chi connectivity index (χ3v) is 7.42. The van der Waals surface area contributed by atoms with Crippen LogP contribution in [0.25, 0.3) is 0 Å². The van der Waals surface area contributed by atoms with E-state index >= 15 is 0 Å². The maximum Gasteiger partial charge on any atom is 0.171 e. The second kappa shape index (κ2) is 7.85. The number of aryl methyl sites for hydroxylation is 1. The molecule has 3 fully saturated rings. The molecule has 26 heavy (non-hydrogen) atoms. The third kappa shape index (κ3) is 3.77. The van der Waals surface area contributed by atoms with Crippen LogP contribution < -0.4 is 15.5 Å².